The van der Waals surface area contributed by atoms with E-state index in [-0.39, 0.29) is 11.8 Å². The van der Waals surface area contributed by atoms with Crippen molar-refractivity contribution in [3.05, 3.63) is 63.6 Å². The van der Waals surface area contributed by atoms with E-state index in [2.05, 4.69) is 10.6 Å². The van der Waals surface area contributed by atoms with Gasteiger partial charge in [-0.2, -0.15) is 0 Å². The van der Waals surface area contributed by atoms with Crippen LogP contribution in [-0.4, -0.2) is 24.6 Å². The number of rotatable bonds is 6. The lowest BCUT2D eigenvalue weighted by Gasteiger charge is -2.07. The molecular formula is C17H16Cl2N2O2S. The summed E-state index contributed by atoms with van der Waals surface area (Å²) < 4.78 is 0. The fourth-order valence-electron chi connectivity index (χ4n) is 1.97. The van der Waals surface area contributed by atoms with Gasteiger partial charge in [0.25, 0.3) is 5.91 Å². The van der Waals surface area contributed by atoms with Gasteiger partial charge < -0.3 is 10.6 Å². The number of nitrogens with one attached hydrogen (secondary N) is 2. The molecule has 0 saturated carbocycles. The van der Waals surface area contributed by atoms with Gasteiger partial charge in [0, 0.05) is 24.1 Å². The van der Waals surface area contributed by atoms with E-state index < -0.39 is 0 Å². The third-order valence-corrected chi connectivity index (χ3v) is 4.86. The minimum Gasteiger partial charge on any atom is -0.355 e. The van der Waals surface area contributed by atoms with Crippen LogP contribution in [0.4, 0.5) is 5.69 Å². The van der Waals surface area contributed by atoms with Crippen LogP contribution < -0.4 is 10.6 Å². The third-order valence-electron chi connectivity index (χ3n) is 3.12. The topological polar surface area (TPSA) is 58.2 Å². The average molecular weight is 383 g/mol. The smallest absolute Gasteiger partial charge is 0.251 e. The first-order chi connectivity index (χ1) is 11.5. The van der Waals surface area contributed by atoms with Gasteiger partial charge in [-0.25, -0.2) is 0 Å². The quantitative estimate of drug-likeness (QED) is 0.785. The Morgan fingerprint density at radius 1 is 1.08 bits per heavy atom. The minimum absolute atomic E-state index is 0.130. The summed E-state index contributed by atoms with van der Waals surface area (Å²) in [6, 6.07) is 12.2. The van der Waals surface area contributed by atoms with Gasteiger partial charge in [0.05, 0.1) is 15.8 Å². The summed E-state index contributed by atoms with van der Waals surface area (Å²) in [5.74, 6) is 0.627. The maximum atomic E-state index is 12.0. The van der Waals surface area contributed by atoms with E-state index in [1.54, 1.807) is 43.4 Å². The number of carbonyl (C=O) groups excluding carboxylic acids is 2. The van der Waals surface area contributed by atoms with E-state index in [0.29, 0.717) is 32.8 Å². The fraction of sp³-hybridized carbons (Fsp3) is 0.176. The SMILES string of the molecule is CNC(=O)c1cccc(NC(=O)CSCc2ccc(Cl)c(Cl)c2)c1. The first-order valence-electron chi connectivity index (χ1n) is 7.13. The van der Waals surface area contributed by atoms with Crippen molar-refractivity contribution < 1.29 is 9.59 Å². The van der Waals surface area contributed by atoms with E-state index in [4.69, 9.17) is 23.2 Å². The van der Waals surface area contributed by atoms with Gasteiger partial charge in [-0.15, -0.1) is 11.8 Å². The summed E-state index contributed by atoms with van der Waals surface area (Å²) in [5.41, 5.74) is 2.10. The molecule has 0 aliphatic heterocycles. The summed E-state index contributed by atoms with van der Waals surface area (Å²) in [7, 11) is 1.56. The highest BCUT2D eigenvalue weighted by molar-refractivity contribution is 7.99. The summed E-state index contributed by atoms with van der Waals surface area (Å²) in [5, 5.41) is 6.35. The summed E-state index contributed by atoms with van der Waals surface area (Å²) in [6.45, 7) is 0. The Morgan fingerprint density at radius 2 is 1.88 bits per heavy atom. The Morgan fingerprint density at radius 3 is 2.58 bits per heavy atom. The first-order valence-corrected chi connectivity index (χ1v) is 9.04. The fourth-order valence-corrected chi connectivity index (χ4v) is 3.07. The molecule has 7 heteroatoms. The Bertz CT molecular complexity index is 753. The van der Waals surface area contributed by atoms with Crippen LogP contribution in [0.1, 0.15) is 15.9 Å². The highest BCUT2D eigenvalue weighted by Crippen LogP contribution is 2.24. The van der Waals surface area contributed by atoms with Gasteiger partial charge in [0.2, 0.25) is 5.91 Å². The second-order valence-corrected chi connectivity index (χ2v) is 6.75. The van der Waals surface area contributed by atoms with Gasteiger partial charge in [-0.05, 0) is 35.9 Å². The molecule has 0 saturated heterocycles. The predicted molar refractivity (Wildman–Crippen MR) is 101 cm³/mol. The van der Waals surface area contributed by atoms with Crippen molar-refractivity contribution >= 4 is 52.5 Å². The highest BCUT2D eigenvalue weighted by atomic mass is 35.5. The number of benzene rings is 2. The number of halogens is 2. The molecule has 0 atom stereocenters. The normalized spacial score (nSPS) is 10.3. The second-order valence-electron chi connectivity index (χ2n) is 4.95. The summed E-state index contributed by atoms with van der Waals surface area (Å²) in [6.07, 6.45) is 0. The number of hydrogen-bond donors (Lipinski definition) is 2. The van der Waals surface area contributed by atoms with Crippen LogP contribution in [0.3, 0.4) is 0 Å². The molecule has 0 radical (unpaired) electrons. The third kappa shape index (κ3) is 5.44. The van der Waals surface area contributed by atoms with Crippen LogP contribution in [0.2, 0.25) is 10.0 Å². The molecule has 24 heavy (non-hydrogen) atoms. The molecule has 4 nitrogen and oxygen atoms in total. The number of carbonyl (C=O) groups is 2. The summed E-state index contributed by atoms with van der Waals surface area (Å²) in [4.78, 5) is 23.6. The minimum atomic E-state index is -0.194. The van der Waals surface area contributed by atoms with E-state index in [1.807, 2.05) is 6.07 Å². The van der Waals surface area contributed by atoms with Gasteiger partial charge in [0.15, 0.2) is 0 Å². The number of hydrogen-bond acceptors (Lipinski definition) is 3. The molecule has 2 aromatic rings. The maximum Gasteiger partial charge on any atom is 0.251 e. The predicted octanol–water partition coefficient (Wildman–Crippen LogP) is 4.22. The molecule has 2 amide bonds. The van der Waals surface area contributed by atoms with Gasteiger partial charge in [-0.1, -0.05) is 35.3 Å². The van der Waals surface area contributed by atoms with Crippen molar-refractivity contribution in [1.82, 2.24) is 5.32 Å². The molecule has 0 heterocycles. The molecule has 126 valence electrons. The van der Waals surface area contributed by atoms with Gasteiger partial charge in [-0.3, -0.25) is 9.59 Å². The Balaban J connectivity index is 1.85. The molecule has 0 fully saturated rings. The van der Waals surface area contributed by atoms with Crippen LogP contribution >= 0.6 is 35.0 Å². The van der Waals surface area contributed by atoms with Crippen LogP contribution in [0.15, 0.2) is 42.5 Å². The van der Waals surface area contributed by atoms with Crippen LogP contribution in [0.5, 0.6) is 0 Å². The Hall–Kier alpha value is -1.69. The Kier molecular flexibility index (Phi) is 6.97. The molecule has 0 aromatic heterocycles. The van der Waals surface area contributed by atoms with Crippen LogP contribution in [-0.2, 0) is 10.5 Å². The van der Waals surface area contributed by atoms with Gasteiger partial charge >= 0.3 is 0 Å². The highest BCUT2D eigenvalue weighted by Gasteiger charge is 2.07. The van der Waals surface area contributed by atoms with Crippen molar-refractivity contribution in [1.29, 1.82) is 0 Å². The van der Waals surface area contributed by atoms with E-state index in [0.717, 1.165) is 5.56 Å². The van der Waals surface area contributed by atoms with Crippen molar-refractivity contribution in [3.8, 4) is 0 Å². The molecule has 0 spiro atoms. The zero-order chi connectivity index (χ0) is 17.5. The second kappa shape index (κ2) is 8.97. The van der Waals surface area contributed by atoms with Gasteiger partial charge in [0.1, 0.15) is 0 Å². The monoisotopic (exact) mass is 382 g/mol. The molecule has 0 aliphatic rings. The van der Waals surface area contributed by atoms with Crippen molar-refractivity contribution in [2.24, 2.45) is 0 Å². The molecular weight excluding hydrogens is 367 g/mol. The molecule has 2 aromatic carbocycles. The van der Waals surface area contributed by atoms with E-state index >= 15 is 0 Å². The zero-order valence-electron chi connectivity index (χ0n) is 12.9. The van der Waals surface area contributed by atoms with Crippen LogP contribution in [0, 0.1) is 0 Å². The molecule has 0 unspecified atom stereocenters. The Labute approximate surface area is 154 Å². The van der Waals surface area contributed by atoms with Crippen molar-refractivity contribution in [3.63, 3.8) is 0 Å². The number of amides is 2. The molecule has 2 N–H and O–H groups in total. The summed E-state index contributed by atoms with van der Waals surface area (Å²) >= 11 is 13.3. The zero-order valence-corrected chi connectivity index (χ0v) is 15.3. The van der Waals surface area contributed by atoms with Crippen molar-refractivity contribution in [2.45, 2.75) is 5.75 Å². The lowest BCUT2D eigenvalue weighted by atomic mass is 10.2. The van der Waals surface area contributed by atoms with E-state index in [1.165, 1.54) is 11.8 Å². The van der Waals surface area contributed by atoms with Crippen molar-refractivity contribution in [2.75, 3.05) is 18.1 Å². The number of anilines is 1. The molecule has 0 aliphatic carbocycles. The standard InChI is InChI=1S/C17H16Cl2N2O2S/c1-20-17(23)12-3-2-4-13(8-12)21-16(22)10-24-9-11-5-6-14(18)15(19)7-11/h2-8H,9-10H2,1H3,(H,20,23)(H,21,22). The lowest BCUT2D eigenvalue weighted by molar-refractivity contribution is -0.113. The molecule has 2 rings (SSSR count). The van der Waals surface area contributed by atoms with E-state index in [9.17, 15) is 9.59 Å². The number of thioether (sulfide) groups is 1. The largest absolute Gasteiger partial charge is 0.355 e. The first kappa shape index (κ1) is 18.6. The average Bonchev–Trinajstić information content (AvgIpc) is 2.57. The molecule has 0 bridgehead atoms. The maximum absolute atomic E-state index is 12.0. The van der Waals surface area contributed by atoms with Crippen LogP contribution in [0.25, 0.3) is 0 Å². The lowest BCUT2D eigenvalue weighted by Crippen LogP contribution is -2.19.